The van der Waals surface area contributed by atoms with E-state index in [9.17, 15) is 4.39 Å². The van der Waals surface area contributed by atoms with Crippen LogP contribution in [0.1, 0.15) is 31.9 Å². The van der Waals surface area contributed by atoms with Crippen LogP contribution in [0.4, 0.5) is 4.39 Å². The maximum atomic E-state index is 14.2. The molecular formula is C16H18ClFN2S. The highest BCUT2D eigenvalue weighted by atomic mass is 35.5. The molecule has 1 aromatic carbocycles. The first-order valence-corrected chi connectivity index (χ1v) is 8.12. The molecule has 2 nitrogen and oxygen atoms in total. The molecule has 0 amide bonds. The van der Waals surface area contributed by atoms with E-state index in [2.05, 4.69) is 17.2 Å². The molecule has 2 rings (SSSR count). The lowest BCUT2D eigenvalue weighted by atomic mass is 10.1. The first-order valence-electron chi connectivity index (χ1n) is 6.92. The van der Waals surface area contributed by atoms with Crippen molar-refractivity contribution in [2.75, 3.05) is 6.54 Å². The van der Waals surface area contributed by atoms with E-state index >= 15 is 0 Å². The second-order valence-electron chi connectivity index (χ2n) is 4.78. The number of benzene rings is 1. The predicted octanol–water partition coefficient (Wildman–Crippen LogP) is 5.09. The van der Waals surface area contributed by atoms with Crippen LogP contribution >= 0.6 is 23.4 Å². The summed E-state index contributed by atoms with van der Waals surface area (Å²) >= 11 is 7.09. The fourth-order valence-electron chi connectivity index (χ4n) is 1.88. The van der Waals surface area contributed by atoms with Gasteiger partial charge in [-0.05, 0) is 49.7 Å². The monoisotopic (exact) mass is 324 g/mol. The van der Waals surface area contributed by atoms with Crippen molar-refractivity contribution in [2.45, 2.75) is 36.2 Å². The molecule has 0 aliphatic heterocycles. The average Bonchev–Trinajstić information content (AvgIpc) is 2.49. The summed E-state index contributed by atoms with van der Waals surface area (Å²) in [5, 5.41) is 4.65. The summed E-state index contributed by atoms with van der Waals surface area (Å²) in [6.45, 7) is 5.07. The van der Waals surface area contributed by atoms with Crippen LogP contribution in [0.15, 0.2) is 46.5 Å². The SMILES string of the molecule is CCCNC(C)c1ccc(Sc2ccc(Cl)cn2)c(F)c1. The topological polar surface area (TPSA) is 24.9 Å². The summed E-state index contributed by atoms with van der Waals surface area (Å²) in [6.07, 6.45) is 2.62. The lowest BCUT2D eigenvalue weighted by Crippen LogP contribution is -2.19. The van der Waals surface area contributed by atoms with Gasteiger partial charge >= 0.3 is 0 Å². The van der Waals surface area contributed by atoms with Crippen molar-refractivity contribution in [1.82, 2.24) is 10.3 Å². The van der Waals surface area contributed by atoms with Gasteiger partial charge in [-0.15, -0.1) is 0 Å². The Morgan fingerprint density at radius 3 is 2.76 bits per heavy atom. The molecule has 0 fully saturated rings. The fourth-order valence-corrected chi connectivity index (χ4v) is 2.75. The molecule has 21 heavy (non-hydrogen) atoms. The van der Waals surface area contributed by atoms with Gasteiger partial charge in [0.25, 0.3) is 0 Å². The number of pyridine rings is 1. The van der Waals surface area contributed by atoms with E-state index < -0.39 is 0 Å². The van der Waals surface area contributed by atoms with Crippen LogP contribution in [0.3, 0.4) is 0 Å². The third-order valence-electron chi connectivity index (χ3n) is 3.07. The normalized spacial score (nSPS) is 12.4. The molecule has 5 heteroatoms. The van der Waals surface area contributed by atoms with E-state index in [1.807, 2.05) is 13.0 Å². The molecule has 0 bridgehead atoms. The molecule has 1 heterocycles. The van der Waals surface area contributed by atoms with E-state index in [1.54, 1.807) is 30.5 Å². The molecule has 1 N–H and O–H groups in total. The van der Waals surface area contributed by atoms with E-state index in [0.29, 0.717) is 9.92 Å². The highest BCUT2D eigenvalue weighted by molar-refractivity contribution is 7.99. The van der Waals surface area contributed by atoms with Crippen molar-refractivity contribution < 1.29 is 4.39 Å². The summed E-state index contributed by atoms with van der Waals surface area (Å²) in [5.74, 6) is -0.223. The number of hydrogen-bond donors (Lipinski definition) is 1. The third-order valence-corrected chi connectivity index (χ3v) is 4.30. The molecule has 0 spiro atoms. The maximum Gasteiger partial charge on any atom is 0.137 e. The zero-order valence-corrected chi connectivity index (χ0v) is 13.6. The van der Waals surface area contributed by atoms with Crippen molar-refractivity contribution in [3.8, 4) is 0 Å². The number of hydrogen-bond acceptors (Lipinski definition) is 3. The zero-order valence-electron chi connectivity index (χ0n) is 12.1. The van der Waals surface area contributed by atoms with Crippen LogP contribution in [-0.4, -0.2) is 11.5 Å². The van der Waals surface area contributed by atoms with Crippen molar-refractivity contribution in [1.29, 1.82) is 0 Å². The molecule has 1 atom stereocenters. The van der Waals surface area contributed by atoms with E-state index in [4.69, 9.17) is 11.6 Å². The van der Waals surface area contributed by atoms with Crippen molar-refractivity contribution in [2.24, 2.45) is 0 Å². The molecule has 1 aromatic heterocycles. The van der Waals surface area contributed by atoms with Crippen LogP contribution in [0, 0.1) is 5.82 Å². The predicted molar refractivity (Wildman–Crippen MR) is 86.5 cm³/mol. The summed E-state index contributed by atoms with van der Waals surface area (Å²) in [4.78, 5) is 4.73. The van der Waals surface area contributed by atoms with Crippen LogP contribution in [0.5, 0.6) is 0 Å². The summed E-state index contributed by atoms with van der Waals surface area (Å²) in [7, 11) is 0. The lowest BCUT2D eigenvalue weighted by Gasteiger charge is -2.14. The molecule has 2 aromatic rings. The molecular weight excluding hydrogens is 307 g/mol. The number of nitrogens with one attached hydrogen (secondary N) is 1. The highest BCUT2D eigenvalue weighted by Crippen LogP contribution is 2.30. The molecule has 112 valence electrons. The Balaban J connectivity index is 2.10. The van der Waals surface area contributed by atoms with Gasteiger partial charge in [0, 0.05) is 17.1 Å². The van der Waals surface area contributed by atoms with E-state index in [1.165, 1.54) is 11.8 Å². The standard InChI is InChI=1S/C16H18ClFN2S/c1-3-8-19-11(2)12-4-6-15(14(18)9-12)21-16-7-5-13(17)10-20-16/h4-7,9-11,19H,3,8H2,1-2H3. The van der Waals surface area contributed by atoms with Crippen LogP contribution in [0.2, 0.25) is 5.02 Å². The van der Waals surface area contributed by atoms with Gasteiger partial charge in [0.2, 0.25) is 0 Å². The maximum absolute atomic E-state index is 14.2. The zero-order chi connectivity index (χ0) is 15.2. The van der Waals surface area contributed by atoms with E-state index in [-0.39, 0.29) is 11.9 Å². The Hall–Kier alpha value is -1.10. The van der Waals surface area contributed by atoms with Crippen molar-refractivity contribution >= 4 is 23.4 Å². The Morgan fingerprint density at radius 2 is 2.14 bits per heavy atom. The highest BCUT2D eigenvalue weighted by Gasteiger charge is 2.10. The van der Waals surface area contributed by atoms with Crippen LogP contribution in [-0.2, 0) is 0 Å². The number of nitrogens with zero attached hydrogens (tertiary/aromatic N) is 1. The van der Waals surface area contributed by atoms with Gasteiger partial charge in [0.05, 0.1) is 5.02 Å². The van der Waals surface area contributed by atoms with Gasteiger partial charge in [-0.25, -0.2) is 9.37 Å². The van der Waals surface area contributed by atoms with Gasteiger partial charge in [-0.1, -0.05) is 36.4 Å². The Kier molecular flexibility index (Phi) is 6.03. The van der Waals surface area contributed by atoms with Gasteiger partial charge in [-0.2, -0.15) is 0 Å². The summed E-state index contributed by atoms with van der Waals surface area (Å²) < 4.78 is 14.2. The minimum Gasteiger partial charge on any atom is -0.310 e. The molecule has 0 radical (unpaired) electrons. The van der Waals surface area contributed by atoms with Crippen molar-refractivity contribution in [3.63, 3.8) is 0 Å². The average molecular weight is 325 g/mol. The van der Waals surface area contributed by atoms with Gasteiger partial charge in [0.1, 0.15) is 10.8 Å². The van der Waals surface area contributed by atoms with Crippen LogP contribution in [0.25, 0.3) is 0 Å². The molecule has 0 aliphatic rings. The molecule has 0 saturated carbocycles. The fraction of sp³-hybridized carbons (Fsp3) is 0.312. The quantitative estimate of drug-likeness (QED) is 0.801. The second-order valence-corrected chi connectivity index (χ2v) is 6.28. The minimum absolute atomic E-state index is 0.146. The third kappa shape index (κ3) is 4.70. The number of rotatable bonds is 6. The first kappa shape index (κ1) is 16.3. The molecule has 1 unspecified atom stereocenters. The number of halogens is 2. The largest absolute Gasteiger partial charge is 0.310 e. The van der Waals surface area contributed by atoms with Gasteiger partial charge < -0.3 is 5.32 Å². The summed E-state index contributed by atoms with van der Waals surface area (Å²) in [5.41, 5.74) is 0.953. The molecule has 0 aliphatic carbocycles. The number of aromatic nitrogens is 1. The Bertz CT molecular complexity index is 589. The smallest absolute Gasteiger partial charge is 0.137 e. The van der Waals surface area contributed by atoms with Gasteiger partial charge in [-0.3, -0.25) is 0 Å². The van der Waals surface area contributed by atoms with E-state index in [0.717, 1.165) is 23.6 Å². The first-order chi connectivity index (χ1) is 10.1. The van der Waals surface area contributed by atoms with Crippen molar-refractivity contribution in [3.05, 3.63) is 52.9 Å². The molecule has 0 saturated heterocycles. The Morgan fingerprint density at radius 1 is 1.33 bits per heavy atom. The minimum atomic E-state index is -0.223. The second kappa shape index (κ2) is 7.78. The summed E-state index contributed by atoms with van der Waals surface area (Å²) in [6, 6.07) is 9.02. The Labute approximate surface area is 134 Å². The van der Waals surface area contributed by atoms with Gasteiger partial charge in [0.15, 0.2) is 0 Å². The lowest BCUT2D eigenvalue weighted by molar-refractivity contribution is 0.556. The van der Waals surface area contributed by atoms with Crippen LogP contribution < -0.4 is 5.32 Å².